The van der Waals surface area contributed by atoms with Crippen molar-refractivity contribution in [1.29, 1.82) is 0 Å². The van der Waals surface area contributed by atoms with E-state index in [1.165, 1.54) is 16.7 Å². The Labute approximate surface area is 128 Å². The molecule has 21 heavy (non-hydrogen) atoms. The lowest BCUT2D eigenvalue weighted by Crippen LogP contribution is -2.48. The average molecular weight is 292 g/mol. The standard InChI is InChI=1S/C17H28N2O2/c1-13-8-14(2)10-15(9-13)17(18-3)4-5-19-6-7-21-12-16(19)11-20/h8-10,16-18,20H,4-7,11-12H2,1-3H3. The van der Waals surface area contributed by atoms with Crippen LogP contribution in [0.1, 0.15) is 29.2 Å². The third-order valence-electron chi connectivity index (χ3n) is 4.26. The molecule has 2 unspecified atom stereocenters. The van der Waals surface area contributed by atoms with Gasteiger partial charge in [0.1, 0.15) is 0 Å². The monoisotopic (exact) mass is 292 g/mol. The molecule has 0 aliphatic carbocycles. The van der Waals surface area contributed by atoms with Crippen molar-refractivity contribution in [2.75, 3.05) is 40.0 Å². The molecule has 0 saturated carbocycles. The molecule has 0 spiro atoms. The van der Waals surface area contributed by atoms with Gasteiger partial charge < -0.3 is 15.2 Å². The molecule has 1 aliphatic rings. The maximum atomic E-state index is 9.44. The molecule has 0 aromatic heterocycles. The predicted molar refractivity (Wildman–Crippen MR) is 85.6 cm³/mol. The Morgan fingerprint density at radius 3 is 2.67 bits per heavy atom. The third-order valence-corrected chi connectivity index (χ3v) is 4.26. The maximum Gasteiger partial charge on any atom is 0.0644 e. The van der Waals surface area contributed by atoms with Crippen LogP contribution in [0, 0.1) is 13.8 Å². The molecule has 0 amide bonds. The second-order valence-electron chi connectivity index (χ2n) is 6.00. The minimum Gasteiger partial charge on any atom is -0.395 e. The van der Waals surface area contributed by atoms with Crippen LogP contribution in [0.3, 0.4) is 0 Å². The molecule has 2 atom stereocenters. The van der Waals surface area contributed by atoms with Crippen molar-refractivity contribution in [3.63, 3.8) is 0 Å². The van der Waals surface area contributed by atoms with E-state index in [0.29, 0.717) is 12.6 Å². The van der Waals surface area contributed by atoms with E-state index in [4.69, 9.17) is 4.74 Å². The Morgan fingerprint density at radius 1 is 1.33 bits per heavy atom. The second-order valence-corrected chi connectivity index (χ2v) is 6.00. The Bertz CT molecular complexity index is 430. The van der Waals surface area contributed by atoms with Gasteiger partial charge >= 0.3 is 0 Å². The van der Waals surface area contributed by atoms with E-state index in [0.717, 1.165) is 26.1 Å². The van der Waals surface area contributed by atoms with Crippen LogP contribution in [-0.4, -0.2) is 56.0 Å². The van der Waals surface area contributed by atoms with Crippen LogP contribution in [0.4, 0.5) is 0 Å². The molecule has 4 nitrogen and oxygen atoms in total. The predicted octanol–water partition coefficient (Wildman–Crippen LogP) is 1.65. The number of rotatable bonds is 6. The van der Waals surface area contributed by atoms with Crippen molar-refractivity contribution in [3.8, 4) is 0 Å². The summed E-state index contributed by atoms with van der Waals surface area (Å²) in [6, 6.07) is 7.23. The van der Waals surface area contributed by atoms with Crippen LogP contribution in [-0.2, 0) is 4.74 Å². The largest absolute Gasteiger partial charge is 0.395 e. The fraction of sp³-hybridized carbons (Fsp3) is 0.647. The molecule has 1 heterocycles. The Morgan fingerprint density at radius 2 is 2.05 bits per heavy atom. The van der Waals surface area contributed by atoms with Crippen molar-refractivity contribution in [1.82, 2.24) is 10.2 Å². The molecule has 1 fully saturated rings. The number of morpholine rings is 1. The van der Waals surface area contributed by atoms with E-state index in [-0.39, 0.29) is 12.6 Å². The first-order valence-corrected chi connectivity index (χ1v) is 7.82. The topological polar surface area (TPSA) is 44.7 Å². The molecular formula is C17H28N2O2. The molecule has 4 heteroatoms. The van der Waals surface area contributed by atoms with Gasteiger partial charge in [-0.05, 0) is 32.9 Å². The van der Waals surface area contributed by atoms with Crippen LogP contribution in [0.25, 0.3) is 0 Å². The molecule has 1 aliphatic heterocycles. The van der Waals surface area contributed by atoms with Gasteiger partial charge in [0.2, 0.25) is 0 Å². The highest BCUT2D eigenvalue weighted by Gasteiger charge is 2.23. The summed E-state index contributed by atoms with van der Waals surface area (Å²) in [4.78, 5) is 2.34. The number of nitrogens with zero attached hydrogens (tertiary/aromatic N) is 1. The summed E-state index contributed by atoms with van der Waals surface area (Å²) >= 11 is 0. The van der Waals surface area contributed by atoms with E-state index in [1.807, 2.05) is 7.05 Å². The van der Waals surface area contributed by atoms with E-state index in [2.05, 4.69) is 42.3 Å². The van der Waals surface area contributed by atoms with Gasteiger partial charge in [0.25, 0.3) is 0 Å². The lowest BCUT2D eigenvalue weighted by Gasteiger charge is -2.35. The molecule has 1 aromatic rings. The normalized spacial score (nSPS) is 21.4. The summed E-state index contributed by atoms with van der Waals surface area (Å²) in [5, 5.41) is 12.9. The number of aliphatic hydroxyl groups excluding tert-OH is 1. The highest BCUT2D eigenvalue weighted by molar-refractivity contribution is 5.30. The van der Waals surface area contributed by atoms with Gasteiger partial charge in [0.15, 0.2) is 0 Å². The molecule has 2 N–H and O–H groups in total. The number of nitrogens with one attached hydrogen (secondary N) is 1. The van der Waals surface area contributed by atoms with Crippen molar-refractivity contribution >= 4 is 0 Å². The zero-order valence-electron chi connectivity index (χ0n) is 13.4. The number of aryl methyl sites for hydroxylation is 2. The summed E-state index contributed by atoms with van der Waals surface area (Å²) in [7, 11) is 2.02. The lowest BCUT2D eigenvalue weighted by molar-refractivity contribution is -0.0285. The zero-order valence-corrected chi connectivity index (χ0v) is 13.4. The first-order valence-electron chi connectivity index (χ1n) is 7.82. The van der Waals surface area contributed by atoms with Gasteiger partial charge in [-0.1, -0.05) is 29.3 Å². The first-order chi connectivity index (χ1) is 10.1. The highest BCUT2D eigenvalue weighted by Crippen LogP contribution is 2.21. The molecule has 2 rings (SSSR count). The Hall–Kier alpha value is -0.940. The summed E-state index contributed by atoms with van der Waals surface area (Å²) in [5.41, 5.74) is 3.97. The van der Waals surface area contributed by atoms with Crippen LogP contribution in [0.15, 0.2) is 18.2 Å². The van der Waals surface area contributed by atoms with Gasteiger partial charge in [-0.15, -0.1) is 0 Å². The Kier molecular flexibility index (Phi) is 6.18. The lowest BCUT2D eigenvalue weighted by atomic mass is 9.99. The van der Waals surface area contributed by atoms with Crippen LogP contribution >= 0.6 is 0 Å². The van der Waals surface area contributed by atoms with Gasteiger partial charge in [0, 0.05) is 19.1 Å². The smallest absolute Gasteiger partial charge is 0.0644 e. The molecule has 118 valence electrons. The number of ether oxygens (including phenoxy) is 1. The summed E-state index contributed by atoms with van der Waals surface area (Å²) in [6.07, 6.45) is 1.04. The van der Waals surface area contributed by atoms with E-state index >= 15 is 0 Å². The molecular weight excluding hydrogens is 264 g/mol. The van der Waals surface area contributed by atoms with Gasteiger partial charge in [-0.3, -0.25) is 4.90 Å². The first kappa shape index (κ1) is 16.4. The van der Waals surface area contributed by atoms with Crippen LogP contribution in [0.5, 0.6) is 0 Å². The second kappa shape index (κ2) is 7.90. The number of benzene rings is 1. The zero-order chi connectivity index (χ0) is 15.2. The average Bonchev–Trinajstić information content (AvgIpc) is 2.47. The fourth-order valence-corrected chi connectivity index (χ4v) is 3.14. The fourth-order valence-electron chi connectivity index (χ4n) is 3.14. The van der Waals surface area contributed by atoms with E-state index in [1.54, 1.807) is 0 Å². The van der Waals surface area contributed by atoms with Crippen LogP contribution < -0.4 is 5.32 Å². The van der Waals surface area contributed by atoms with Crippen LogP contribution in [0.2, 0.25) is 0 Å². The SMILES string of the molecule is CNC(CCN1CCOCC1CO)c1cc(C)cc(C)c1. The van der Waals surface area contributed by atoms with Gasteiger partial charge in [-0.25, -0.2) is 0 Å². The van der Waals surface area contributed by atoms with Gasteiger partial charge in [0.05, 0.1) is 25.9 Å². The number of hydrogen-bond acceptors (Lipinski definition) is 4. The minimum absolute atomic E-state index is 0.149. The van der Waals surface area contributed by atoms with Gasteiger partial charge in [-0.2, -0.15) is 0 Å². The van der Waals surface area contributed by atoms with Crippen molar-refractivity contribution in [3.05, 3.63) is 34.9 Å². The highest BCUT2D eigenvalue weighted by atomic mass is 16.5. The molecule has 1 aromatic carbocycles. The quantitative estimate of drug-likeness (QED) is 0.837. The van der Waals surface area contributed by atoms with E-state index < -0.39 is 0 Å². The third kappa shape index (κ3) is 4.51. The summed E-state index contributed by atoms with van der Waals surface area (Å²) in [5.74, 6) is 0. The number of hydrogen-bond donors (Lipinski definition) is 2. The van der Waals surface area contributed by atoms with Crippen molar-refractivity contribution < 1.29 is 9.84 Å². The van der Waals surface area contributed by atoms with Crippen molar-refractivity contribution in [2.45, 2.75) is 32.4 Å². The molecule has 0 radical (unpaired) electrons. The maximum absolute atomic E-state index is 9.44. The minimum atomic E-state index is 0.149. The number of aliphatic hydroxyl groups is 1. The van der Waals surface area contributed by atoms with Crippen molar-refractivity contribution in [2.24, 2.45) is 0 Å². The van der Waals surface area contributed by atoms with E-state index in [9.17, 15) is 5.11 Å². The Balaban J connectivity index is 1.98. The molecule has 1 saturated heterocycles. The molecule has 0 bridgehead atoms. The summed E-state index contributed by atoms with van der Waals surface area (Å²) < 4.78 is 5.44. The summed E-state index contributed by atoms with van der Waals surface area (Å²) in [6.45, 7) is 7.77.